The molecule has 0 amide bonds. The van der Waals surface area contributed by atoms with Crippen molar-refractivity contribution in [1.82, 2.24) is 0 Å². The van der Waals surface area contributed by atoms with Gasteiger partial charge in [-0.25, -0.2) is 4.79 Å². The fourth-order valence-corrected chi connectivity index (χ4v) is 0.641. The Morgan fingerprint density at radius 1 is 1.23 bits per heavy atom. The zero-order valence-electron chi connectivity index (χ0n) is 6.57. The first-order chi connectivity index (χ1) is 5.91. The smallest absolute Gasteiger partial charge is 0.335 e. The number of nitrogens with two attached hydrogens (primary N) is 1. The molecule has 0 aromatic heterocycles. The normalized spacial score (nSPS) is 20.0. The van der Waals surface area contributed by atoms with E-state index in [2.05, 4.69) is 0 Å². The number of aldehydes is 1. The molecule has 0 aromatic rings. The first kappa shape index (κ1) is 12.0. The zero-order chi connectivity index (χ0) is 10.6. The standard InChI is InChI=1S/C6H11NO6/c7-2(1-8)3(9)4(10)5(11)6(12)13/h1-5,9-11H,7H2,(H,12,13)/t2-,3+,4-,5+/m0/s1. The van der Waals surface area contributed by atoms with Gasteiger partial charge >= 0.3 is 5.97 Å². The summed E-state index contributed by atoms with van der Waals surface area (Å²) in [5.74, 6) is -1.70. The Hall–Kier alpha value is -1.02. The molecule has 13 heavy (non-hydrogen) atoms. The van der Waals surface area contributed by atoms with Gasteiger partial charge in [-0.05, 0) is 0 Å². The predicted octanol–water partition coefficient (Wildman–Crippen LogP) is -3.32. The van der Waals surface area contributed by atoms with Crippen molar-refractivity contribution in [2.24, 2.45) is 5.73 Å². The molecular formula is C6H11NO6. The molecule has 0 saturated carbocycles. The number of aliphatic carboxylic acids is 1. The highest BCUT2D eigenvalue weighted by Gasteiger charge is 2.33. The summed E-state index contributed by atoms with van der Waals surface area (Å²) in [6.07, 6.45) is -5.81. The van der Waals surface area contributed by atoms with E-state index in [1.54, 1.807) is 0 Å². The largest absolute Gasteiger partial charge is 0.479 e. The first-order valence-corrected chi connectivity index (χ1v) is 3.39. The maximum atomic E-state index is 10.1. The van der Waals surface area contributed by atoms with Gasteiger partial charge in [0.05, 0.1) is 6.04 Å². The highest BCUT2D eigenvalue weighted by atomic mass is 16.4. The minimum Gasteiger partial charge on any atom is -0.479 e. The van der Waals surface area contributed by atoms with Gasteiger partial charge < -0.3 is 31.0 Å². The van der Waals surface area contributed by atoms with E-state index in [0.717, 1.165) is 0 Å². The van der Waals surface area contributed by atoms with Crippen LogP contribution >= 0.6 is 0 Å². The van der Waals surface area contributed by atoms with Gasteiger partial charge in [0.1, 0.15) is 18.5 Å². The van der Waals surface area contributed by atoms with Gasteiger partial charge in [-0.15, -0.1) is 0 Å². The van der Waals surface area contributed by atoms with Gasteiger partial charge in [0, 0.05) is 0 Å². The molecule has 4 atom stereocenters. The van der Waals surface area contributed by atoms with Crippen LogP contribution in [-0.4, -0.2) is 57.0 Å². The Morgan fingerprint density at radius 2 is 1.69 bits per heavy atom. The lowest BCUT2D eigenvalue weighted by molar-refractivity contribution is -0.159. The van der Waals surface area contributed by atoms with Crippen LogP contribution in [0.25, 0.3) is 0 Å². The number of hydrogen-bond acceptors (Lipinski definition) is 6. The molecule has 0 rings (SSSR count). The Morgan fingerprint density at radius 3 is 2.00 bits per heavy atom. The first-order valence-electron chi connectivity index (χ1n) is 3.39. The van der Waals surface area contributed by atoms with Crippen molar-refractivity contribution in [2.45, 2.75) is 24.4 Å². The molecule has 0 unspecified atom stereocenters. The van der Waals surface area contributed by atoms with Gasteiger partial charge in [0.2, 0.25) is 0 Å². The predicted molar refractivity (Wildman–Crippen MR) is 39.7 cm³/mol. The average Bonchev–Trinajstić information content (AvgIpc) is 2.12. The number of carboxylic acid groups (broad SMARTS) is 1. The molecule has 0 aromatic carbocycles. The topological polar surface area (TPSA) is 141 Å². The van der Waals surface area contributed by atoms with Crippen LogP contribution in [0.15, 0.2) is 0 Å². The van der Waals surface area contributed by atoms with Crippen LogP contribution in [0, 0.1) is 0 Å². The average molecular weight is 193 g/mol. The third kappa shape index (κ3) is 3.07. The number of rotatable bonds is 5. The minimum atomic E-state index is -2.17. The summed E-state index contributed by atoms with van der Waals surface area (Å²) >= 11 is 0. The molecule has 7 nitrogen and oxygen atoms in total. The third-order valence-corrected chi connectivity index (χ3v) is 1.48. The van der Waals surface area contributed by atoms with E-state index in [0.29, 0.717) is 0 Å². The quantitative estimate of drug-likeness (QED) is 0.287. The van der Waals surface area contributed by atoms with Crippen LogP contribution < -0.4 is 5.73 Å². The summed E-state index contributed by atoms with van der Waals surface area (Å²) in [5, 5.41) is 34.8. The number of carboxylic acids is 1. The van der Waals surface area contributed by atoms with Crippen molar-refractivity contribution >= 4 is 12.3 Å². The zero-order valence-corrected chi connectivity index (χ0v) is 6.57. The minimum absolute atomic E-state index is 0.141. The number of carbonyl (C=O) groups is 2. The summed E-state index contributed by atoms with van der Waals surface area (Å²) in [4.78, 5) is 20.1. The van der Waals surface area contributed by atoms with Gasteiger partial charge in [0.25, 0.3) is 0 Å². The summed E-state index contributed by atoms with van der Waals surface area (Å²) < 4.78 is 0. The van der Waals surface area contributed by atoms with E-state index in [9.17, 15) is 9.59 Å². The van der Waals surface area contributed by atoms with Crippen LogP contribution in [0.3, 0.4) is 0 Å². The van der Waals surface area contributed by atoms with Crippen LogP contribution in [-0.2, 0) is 9.59 Å². The molecule has 6 N–H and O–H groups in total. The Kier molecular flexibility index (Phi) is 4.49. The van der Waals surface area contributed by atoms with Crippen molar-refractivity contribution in [3.05, 3.63) is 0 Å². The van der Waals surface area contributed by atoms with Crippen molar-refractivity contribution in [2.75, 3.05) is 0 Å². The molecule has 0 spiro atoms. The second-order valence-corrected chi connectivity index (χ2v) is 2.48. The molecule has 0 radical (unpaired) electrons. The lowest BCUT2D eigenvalue weighted by atomic mass is 10.0. The fraction of sp³-hybridized carbons (Fsp3) is 0.667. The fourth-order valence-electron chi connectivity index (χ4n) is 0.641. The van der Waals surface area contributed by atoms with Crippen molar-refractivity contribution in [3.8, 4) is 0 Å². The number of aliphatic hydroxyl groups is 3. The summed E-state index contributed by atoms with van der Waals surface area (Å²) in [6, 6.07) is -1.43. The van der Waals surface area contributed by atoms with E-state index < -0.39 is 30.3 Å². The van der Waals surface area contributed by atoms with Crippen LogP contribution in [0.5, 0.6) is 0 Å². The van der Waals surface area contributed by atoms with E-state index in [-0.39, 0.29) is 6.29 Å². The highest BCUT2D eigenvalue weighted by Crippen LogP contribution is 2.02. The SMILES string of the molecule is N[C@@H](C=O)[C@@H](O)[C@H](O)[C@@H](O)C(=O)O. The van der Waals surface area contributed by atoms with Crippen LogP contribution in [0.1, 0.15) is 0 Å². The molecular weight excluding hydrogens is 182 g/mol. The van der Waals surface area contributed by atoms with Gasteiger partial charge in [0.15, 0.2) is 6.10 Å². The number of aliphatic hydroxyl groups excluding tert-OH is 3. The van der Waals surface area contributed by atoms with Crippen molar-refractivity contribution < 1.29 is 30.0 Å². The van der Waals surface area contributed by atoms with Crippen molar-refractivity contribution in [3.63, 3.8) is 0 Å². The number of carbonyl (C=O) groups excluding carboxylic acids is 1. The van der Waals surface area contributed by atoms with Crippen LogP contribution in [0.2, 0.25) is 0 Å². The van der Waals surface area contributed by atoms with Crippen LogP contribution in [0.4, 0.5) is 0 Å². The van der Waals surface area contributed by atoms with Gasteiger partial charge in [-0.2, -0.15) is 0 Å². The lowest BCUT2D eigenvalue weighted by Gasteiger charge is -2.21. The Labute approximate surface area is 73.4 Å². The maximum Gasteiger partial charge on any atom is 0.335 e. The van der Waals surface area contributed by atoms with E-state index in [1.165, 1.54) is 0 Å². The molecule has 0 aliphatic carbocycles. The third-order valence-electron chi connectivity index (χ3n) is 1.48. The molecule has 0 heterocycles. The molecule has 76 valence electrons. The van der Waals surface area contributed by atoms with E-state index >= 15 is 0 Å². The number of hydrogen-bond donors (Lipinski definition) is 5. The second-order valence-electron chi connectivity index (χ2n) is 2.48. The maximum absolute atomic E-state index is 10.1. The molecule has 7 heteroatoms. The molecule has 0 aliphatic rings. The summed E-state index contributed by atoms with van der Waals surface area (Å²) in [5.41, 5.74) is 4.97. The Balaban J connectivity index is 4.32. The second kappa shape index (κ2) is 4.87. The van der Waals surface area contributed by atoms with Gasteiger partial charge in [-0.3, -0.25) is 0 Å². The molecule has 0 saturated heterocycles. The molecule has 0 fully saturated rings. The van der Waals surface area contributed by atoms with Crippen molar-refractivity contribution in [1.29, 1.82) is 0 Å². The molecule has 0 aliphatic heterocycles. The lowest BCUT2D eigenvalue weighted by Crippen LogP contribution is -2.51. The van der Waals surface area contributed by atoms with Gasteiger partial charge in [-0.1, -0.05) is 0 Å². The Bertz CT molecular complexity index is 196. The molecule has 0 bridgehead atoms. The van der Waals surface area contributed by atoms with E-state index in [1.807, 2.05) is 0 Å². The highest BCUT2D eigenvalue weighted by molar-refractivity contribution is 5.73. The summed E-state index contributed by atoms with van der Waals surface area (Å²) in [6.45, 7) is 0. The summed E-state index contributed by atoms with van der Waals surface area (Å²) in [7, 11) is 0. The monoisotopic (exact) mass is 193 g/mol. The van der Waals surface area contributed by atoms with E-state index in [4.69, 9.17) is 26.2 Å².